The van der Waals surface area contributed by atoms with Crippen LogP contribution in [-0.4, -0.2) is 37.3 Å². The van der Waals surface area contributed by atoms with Crippen LogP contribution in [0, 0.1) is 5.92 Å². The van der Waals surface area contributed by atoms with Crippen LogP contribution in [0.15, 0.2) is 54.6 Å². The molecule has 0 bridgehead atoms. The summed E-state index contributed by atoms with van der Waals surface area (Å²) in [4.78, 5) is 12.4. The van der Waals surface area contributed by atoms with Crippen LogP contribution in [0.5, 0.6) is 5.75 Å². The SMILES string of the molecule is CC(O)(CNC(=O)c1ccc(OCCCC2CCCNC2)cc1)c1ccccc1. The first kappa shape index (κ1) is 21.3. The van der Waals surface area contributed by atoms with E-state index in [1.807, 2.05) is 42.5 Å². The monoisotopic (exact) mass is 396 g/mol. The predicted octanol–water partition coefficient (Wildman–Crippen LogP) is 3.48. The molecule has 5 nitrogen and oxygen atoms in total. The number of hydrogen-bond donors (Lipinski definition) is 3. The van der Waals surface area contributed by atoms with Gasteiger partial charge in [-0.15, -0.1) is 0 Å². The zero-order chi connectivity index (χ0) is 20.5. The summed E-state index contributed by atoms with van der Waals surface area (Å²) in [5, 5.41) is 16.9. The van der Waals surface area contributed by atoms with E-state index in [9.17, 15) is 9.90 Å². The Bertz CT molecular complexity index is 753. The first-order valence-corrected chi connectivity index (χ1v) is 10.5. The van der Waals surface area contributed by atoms with Crippen molar-refractivity contribution in [2.45, 2.75) is 38.2 Å². The van der Waals surface area contributed by atoms with E-state index in [2.05, 4.69) is 10.6 Å². The van der Waals surface area contributed by atoms with Gasteiger partial charge in [0, 0.05) is 5.56 Å². The first-order chi connectivity index (χ1) is 14.0. The van der Waals surface area contributed by atoms with E-state index in [-0.39, 0.29) is 12.5 Å². The highest BCUT2D eigenvalue weighted by Crippen LogP contribution is 2.20. The lowest BCUT2D eigenvalue weighted by atomic mass is 9.95. The normalized spacial score (nSPS) is 18.6. The fourth-order valence-corrected chi connectivity index (χ4v) is 3.69. The molecule has 0 spiro atoms. The largest absolute Gasteiger partial charge is 0.494 e. The molecule has 0 saturated carbocycles. The summed E-state index contributed by atoms with van der Waals surface area (Å²) in [6.45, 7) is 4.81. The molecule has 0 radical (unpaired) electrons. The molecule has 2 aromatic carbocycles. The van der Waals surface area contributed by atoms with Crippen LogP contribution in [0.25, 0.3) is 0 Å². The van der Waals surface area contributed by atoms with E-state index in [0.717, 1.165) is 36.7 Å². The quantitative estimate of drug-likeness (QED) is 0.568. The standard InChI is InChI=1S/C24H32N2O3/c1-24(28,21-9-3-2-4-10-21)18-26-23(27)20-11-13-22(14-12-20)29-16-6-8-19-7-5-15-25-17-19/h2-4,9-14,19,25,28H,5-8,15-18H2,1H3,(H,26,27). The van der Waals surface area contributed by atoms with Gasteiger partial charge in [0.15, 0.2) is 0 Å². The number of rotatable bonds is 9. The Morgan fingerprint density at radius 3 is 2.66 bits per heavy atom. The molecule has 1 fully saturated rings. The predicted molar refractivity (Wildman–Crippen MR) is 115 cm³/mol. The highest BCUT2D eigenvalue weighted by atomic mass is 16.5. The second kappa shape index (κ2) is 10.4. The third kappa shape index (κ3) is 6.58. The smallest absolute Gasteiger partial charge is 0.251 e. The van der Waals surface area contributed by atoms with Crippen LogP contribution >= 0.6 is 0 Å². The average Bonchev–Trinajstić information content (AvgIpc) is 2.77. The molecule has 2 aromatic rings. The maximum Gasteiger partial charge on any atom is 0.251 e. The number of nitrogens with one attached hydrogen (secondary N) is 2. The highest BCUT2D eigenvalue weighted by Gasteiger charge is 2.23. The molecule has 1 amide bonds. The summed E-state index contributed by atoms with van der Waals surface area (Å²) in [5.74, 6) is 1.34. The topological polar surface area (TPSA) is 70.6 Å². The maximum absolute atomic E-state index is 12.4. The molecular weight excluding hydrogens is 364 g/mol. The number of ether oxygens (including phenoxy) is 1. The minimum atomic E-state index is -1.12. The van der Waals surface area contributed by atoms with Crippen molar-refractivity contribution < 1.29 is 14.6 Å². The minimum absolute atomic E-state index is 0.143. The lowest BCUT2D eigenvalue weighted by molar-refractivity contribution is 0.0526. The zero-order valence-corrected chi connectivity index (χ0v) is 17.2. The van der Waals surface area contributed by atoms with Crippen LogP contribution in [0.4, 0.5) is 0 Å². The van der Waals surface area contributed by atoms with Crippen LogP contribution < -0.4 is 15.4 Å². The van der Waals surface area contributed by atoms with Crippen LogP contribution in [0.1, 0.15) is 48.5 Å². The molecule has 1 saturated heterocycles. The molecule has 3 N–H and O–H groups in total. The highest BCUT2D eigenvalue weighted by molar-refractivity contribution is 5.94. The van der Waals surface area contributed by atoms with Crippen molar-refractivity contribution >= 4 is 5.91 Å². The molecule has 156 valence electrons. The summed E-state index contributed by atoms with van der Waals surface area (Å²) >= 11 is 0. The van der Waals surface area contributed by atoms with Gasteiger partial charge in [-0.2, -0.15) is 0 Å². The van der Waals surface area contributed by atoms with E-state index in [1.54, 1.807) is 19.1 Å². The number of benzene rings is 2. The molecule has 5 heteroatoms. The Kier molecular flexibility index (Phi) is 7.67. The van der Waals surface area contributed by atoms with E-state index in [1.165, 1.54) is 19.3 Å². The molecule has 29 heavy (non-hydrogen) atoms. The Hall–Kier alpha value is -2.37. The number of carbonyl (C=O) groups excluding carboxylic acids is 1. The first-order valence-electron chi connectivity index (χ1n) is 10.5. The Labute approximate surface area is 173 Å². The number of aliphatic hydroxyl groups is 1. The van der Waals surface area contributed by atoms with Crippen molar-refractivity contribution in [3.8, 4) is 5.75 Å². The van der Waals surface area contributed by atoms with Gasteiger partial charge in [0.2, 0.25) is 0 Å². The molecule has 0 aliphatic carbocycles. The van der Waals surface area contributed by atoms with Gasteiger partial charge in [-0.3, -0.25) is 4.79 Å². The zero-order valence-electron chi connectivity index (χ0n) is 17.2. The van der Waals surface area contributed by atoms with Crippen molar-refractivity contribution in [2.75, 3.05) is 26.2 Å². The molecule has 2 unspecified atom stereocenters. The van der Waals surface area contributed by atoms with Gasteiger partial charge in [-0.25, -0.2) is 0 Å². The van der Waals surface area contributed by atoms with Crippen LogP contribution in [0.2, 0.25) is 0 Å². The number of piperidine rings is 1. The summed E-state index contributed by atoms with van der Waals surface area (Å²) < 4.78 is 5.81. The van der Waals surface area contributed by atoms with Gasteiger partial charge in [-0.1, -0.05) is 30.3 Å². The maximum atomic E-state index is 12.4. The lowest BCUT2D eigenvalue weighted by Gasteiger charge is -2.24. The fourth-order valence-electron chi connectivity index (χ4n) is 3.69. The van der Waals surface area contributed by atoms with Crippen molar-refractivity contribution in [1.29, 1.82) is 0 Å². The molecule has 1 aliphatic rings. The Morgan fingerprint density at radius 2 is 1.97 bits per heavy atom. The van der Waals surface area contributed by atoms with Crippen molar-refractivity contribution in [2.24, 2.45) is 5.92 Å². The third-order valence-electron chi connectivity index (χ3n) is 5.53. The number of hydrogen-bond acceptors (Lipinski definition) is 4. The van der Waals surface area contributed by atoms with Gasteiger partial charge >= 0.3 is 0 Å². The van der Waals surface area contributed by atoms with Crippen molar-refractivity contribution in [3.63, 3.8) is 0 Å². The second-order valence-electron chi connectivity index (χ2n) is 8.05. The molecule has 2 atom stereocenters. The van der Waals surface area contributed by atoms with Crippen LogP contribution in [0.3, 0.4) is 0 Å². The second-order valence-corrected chi connectivity index (χ2v) is 8.05. The van der Waals surface area contributed by atoms with E-state index in [0.29, 0.717) is 12.2 Å². The minimum Gasteiger partial charge on any atom is -0.494 e. The van der Waals surface area contributed by atoms with E-state index >= 15 is 0 Å². The summed E-state index contributed by atoms with van der Waals surface area (Å²) in [5.41, 5.74) is 0.205. The average molecular weight is 397 g/mol. The molecule has 1 aliphatic heterocycles. The van der Waals surface area contributed by atoms with Gasteiger partial charge < -0.3 is 20.5 Å². The van der Waals surface area contributed by atoms with Gasteiger partial charge in [-0.05, 0) is 81.4 Å². The van der Waals surface area contributed by atoms with Crippen molar-refractivity contribution in [1.82, 2.24) is 10.6 Å². The van der Waals surface area contributed by atoms with E-state index in [4.69, 9.17) is 4.74 Å². The number of carbonyl (C=O) groups is 1. The van der Waals surface area contributed by atoms with Gasteiger partial charge in [0.25, 0.3) is 5.91 Å². The Balaban J connectivity index is 1.41. The third-order valence-corrected chi connectivity index (χ3v) is 5.53. The number of amides is 1. The van der Waals surface area contributed by atoms with E-state index < -0.39 is 5.60 Å². The Morgan fingerprint density at radius 1 is 1.21 bits per heavy atom. The lowest BCUT2D eigenvalue weighted by Crippen LogP contribution is -2.38. The molecular formula is C24H32N2O3. The van der Waals surface area contributed by atoms with Crippen LogP contribution in [-0.2, 0) is 5.60 Å². The van der Waals surface area contributed by atoms with Crippen molar-refractivity contribution in [3.05, 3.63) is 65.7 Å². The molecule has 1 heterocycles. The summed E-state index contributed by atoms with van der Waals surface area (Å²) in [6, 6.07) is 16.5. The van der Waals surface area contributed by atoms with Gasteiger partial charge in [0.1, 0.15) is 11.4 Å². The molecule has 0 aromatic heterocycles. The summed E-state index contributed by atoms with van der Waals surface area (Å²) in [7, 11) is 0. The summed E-state index contributed by atoms with van der Waals surface area (Å²) in [6.07, 6.45) is 4.82. The van der Waals surface area contributed by atoms with Gasteiger partial charge in [0.05, 0.1) is 13.2 Å². The molecule has 3 rings (SSSR count). The fraction of sp³-hybridized carbons (Fsp3) is 0.458.